The molecular formula is C7H6BrClN2O2. The number of nitrogen functional groups attached to an aromatic ring is 1. The monoisotopic (exact) mass is 264 g/mol. The summed E-state index contributed by atoms with van der Waals surface area (Å²) < 4.78 is 4.99. The summed E-state index contributed by atoms with van der Waals surface area (Å²) in [6.45, 7) is 0. The number of methoxy groups -OCH3 is 1. The third-order valence-corrected chi connectivity index (χ3v) is 2.49. The van der Waals surface area contributed by atoms with Gasteiger partial charge >= 0.3 is 5.97 Å². The molecule has 0 aliphatic rings. The Hall–Kier alpha value is -0.810. The molecule has 1 aromatic rings. The minimum Gasteiger partial charge on any atom is -0.465 e. The van der Waals surface area contributed by atoms with E-state index < -0.39 is 5.97 Å². The Balaban J connectivity index is 3.23. The highest BCUT2D eigenvalue weighted by atomic mass is 79.9. The lowest BCUT2D eigenvalue weighted by Crippen LogP contribution is -2.07. The summed E-state index contributed by atoms with van der Waals surface area (Å²) in [6, 6.07) is 1.47. The van der Waals surface area contributed by atoms with Gasteiger partial charge in [-0.2, -0.15) is 0 Å². The maximum atomic E-state index is 11.1. The smallest absolute Gasteiger partial charge is 0.341 e. The SMILES string of the molecule is COC(=O)c1cc(Br)c(Cl)nc1N. The number of ether oxygens (including phenoxy) is 1. The maximum absolute atomic E-state index is 11.1. The quantitative estimate of drug-likeness (QED) is 0.622. The fourth-order valence-corrected chi connectivity index (χ4v) is 1.22. The van der Waals surface area contributed by atoms with Crippen molar-refractivity contribution < 1.29 is 9.53 Å². The van der Waals surface area contributed by atoms with E-state index in [-0.39, 0.29) is 16.5 Å². The van der Waals surface area contributed by atoms with E-state index in [1.165, 1.54) is 13.2 Å². The molecule has 0 atom stereocenters. The van der Waals surface area contributed by atoms with E-state index >= 15 is 0 Å². The molecule has 0 spiro atoms. The van der Waals surface area contributed by atoms with Crippen molar-refractivity contribution in [3.05, 3.63) is 21.3 Å². The number of anilines is 1. The summed E-state index contributed by atoms with van der Waals surface area (Å²) >= 11 is 8.76. The normalized spacial score (nSPS) is 9.77. The van der Waals surface area contributed by atoms with Gasteiger partial charge in [0.15, 0.2) is 0 Å². The van der Waals surface area contributed by atoms with Crippen LogP contribution in [0.3, 0.4) is 0 Å². The van der Waals surface area contributed by atoms with Crippen molar-refractivity contribution in [3.63, 3.8) is 0 Å². The molecule has 0 amide bonds. The number of carbonyl (C=O) groups excluding carboxylic acids is 1. The third-order valence-electron chi connectivity index (χ3n) is 1.37. The largest absolute Gasteiger partial charge is 0.465 e. The van der Waals surface area contributed by atoms with Crippen molar-refractivity contribution in [2.45, 2.75) is 0 Å². The second-order valence-electron chi connectivity index (χ2n) is 2.19. The minimum absolute atomic E-state index is 0.0556. The summed E-state index contributed by atoms with van der Waals surface area (Å²) in [6.07, 6.45) is 0. The van der Waals surface area contributed by atoms with Gasteiger partial charge in [-0.25, -0.2) is 9.78 Å². The maximum Gasteiger partial charge on any atom is 0.341 e. The predicted octanol–water partition coefficient (Wildman–Crippen LogP) is 1.87. The molecule has 0 aliphatic heterocycles. The average Bonchev–Trinajstić information content (AvgIpc) is 2.10. The number of hydrogen-bond donors (Lipinski definition) is 1. The minimum atomic E-state index is -0.539. The molecule has 2 N–H and O–H groups in total. The highest BCUT2D eigenvalue weighted by Gasteiger charge is 2.13. The van der Waals surface area contributed by atoms with Crippen molar-refractivity contribution >= 4 is 39.3 Å². The second kappa shape index (κ2) is 3.93. The van der Waals surface area contributed by atoms with Gasteiger partial charge in [0.25, 0.3) is 0 Å². The van der Waals surface area contributed by atoms with Crippen molar-refractivity contribution in [1.82, 2.24) is 4.98 Å². The first-order valence-corrected chi connectivity index (χ1v) is 4.43. The summed E-state index contributed by atoms with van der Waals surface area (Å²) in [4.78, 5) is 14.8. The third kappa shape index (κ3) is 2.10. The molecule has 0 saturated carbocycles. The zero-order chi connectivity index (χ0) is 10.0. The van der Waals surface area contributed by atoms with Crippen LogP contribution in [0.25, 0.3) is 0 Å². The number of nitrogens with zero attached hydrogens (tertiary/aromatic N) is 1. The molecule has 0 radical (unpaired) electrons. The van der Waals surface area contributed by atoms with E-state index in [9.17, 15) is 4.79 Å². The molecule has 0 saturated heterocycles. The summed E-state index contributed by atoms with van der Waals surface area (Å²) in [7, 11) is 1.27. The first-order chi connectivity index (χ1) is 6.06. The first kappa shape index (κ1) is 10.3. The lowest BCUT2D eigenvalue weighted by atomic mass is 10.2. The number of halogens is 2. The molecule has 0 bridgehead atoms. The highest BCUT2D eigenvalue weighted by Crippen LogP contribution is 2.24. The number of esters is 1. The van der Waals surface area contributed by atoms with E-state index in [2.05, 4.69) is 25.7 Å². The van der Waals surface area contributed by atoms with Gasteiger partial charge in [0, 0.05) is 0 Å². The van der Waals surface area contributed by atoms with Crippen molar-refractivity contribution in [1.29, 1.82) is 0 Å². The number of rotatable bonds is 1. The van der Waals surface area contributed by atoms with Gasteiger partial charge in [0.1, 0.15) is 16.5 Å². The van der Waals surface area contributed by atoms with Crippen LogP contribution in [0, 0.1) is 0 Å². The predicted molar refractivity (Wildman–Crippen MR) is 52.7 cm³/mol. The first-order valence-electron chi connectivity index (χ1n) is 3.26. The molecule has 4 nitrogen and oxygen atoms in total. The Bertz CT molecular complexity index is 357. The molecular weight excluding hydrogens is 259 g/mol. The molecule has 6 heteroatoms. The van der Waals surface area contributed by atoms with E-state index in [1.807, 2.05) is 0 Å². The standard InChI is InChI=1S/C7H6BrClN2O2/c1-13-7(12)3-2-4(8)5(9)11-6(3)10/h2H,1H3,(H2,10,11). The number of carbonyl (C=O) groups is 1. The Kier molecular flexibility index (Phi) is 3.11. The number of nitrogens with two attached hydrogens (primary N) is 1. The molecule has 1 rings (SSSR count). The fourth-order valence-electron chi connectivity index (χ4n) is 0.753. The molecule has 0 aliphatic carbocycles. The van der Waals surface area contributed by atoms with E-state index in [0.29, 0.717) is 4.47 Å². The number of pyridine rings is 1. The summed E-state index contributed by atoms with van der Waals surface area (Å²) in [5.41, 5.74) is 5.64. The van der Waals surface area contributed by atoms with Crippen LogP contribution in [0.4, 0.5) is 5.82 Å². The molecule has 0 unspecified atom stereocenters. The van der Waals surface area contributed by atoms with Crippen LogP contribution in [-0.4, -0.2) is 18.1 Å². The Labute approximate surface area is 88.2 Å². The number of hydrogen-bond acceptors (Lipinski definition) is 4. The molecule has 1 heterocycles. The van der Waals surface area contributed by atoms with E-state index in [1.54, 1.807) is 0 Å². The van der Waals surface area contributed by atoms with Gasteiger partial charge < -0.3 is 10.5 Å². The average molecular weight is 265 g/mol. The van der Waals surface area contributed by atoms with Gasteiger partial charge in [-0.1, -0.05) is 11.6 Å². The lowest BCUT2D eigenvalue weighted by Gasteiger charge is -2.03. The molecule has 0 aromatic carbocycles. The highest BCUT2D eigenvalue weighted by molar-refractivity contribution is 9.10. The van der Waals surface area contributed by atoms with Gasteiger partial charge in [0.2, 0.25) is 0 Å². The Morgan fingerprint density at radius 3 is 2.92 bits per heavy atom. The van der Waals surface area contributed by atoms with Gasteiger partial charge in [-0.3, -0.25) is 0 Å². The Morgan fingerprint density at radius 2 is 2.38 bits per heavy atom. The molecule has 70 valence electrons. The van der Waals surface area contributed by atoms with Gasteiger partial charge in [-0.05, 0) is 22.0 Å². The van der Waals surface area contributed by atoms with Crippen LogP contribution < -0.4 is 5.73 Å². The van der Waals surface area contributed by atoms with Crippen LogP contribution in [0.5, 0.6) is 0 Å². The zero-order valence-electron chi connectivity index (χ0n) is 6.67. The van der Waals surface area contributed by atoms with Crippen molar-refractivity contribution in [2.75, 3.05) is 12.8 Å². The Morgan fingerprint density at radius 1 is 1.77 bits per heavy atom. The molecule has 0 fully saturated rings. The summed E-state index contributed by atoms with van der Waals surface area (Å²) in [5, 5.41) is 0.213. The zero-order valence-corrected chi connectivity index (χ0v) is 9.02. The van der Waals surface area contributed by atoms with Gasteiger partial charge in [0.05, 0.1) is 11.6 Å². The van der Waals surface area contributed by atoms with Gasteiger partial charge in [-0.15, -0.1) is 0 Å². The molecule has 1 aromatic heterocycles. The van der Waals surface area contributed by atoms with Crippen LogP contribution in [-0.2, 0) is 4.74 Å². The van der Waals surface area contributed by atoms with Crippen LogP contribution in [0.1, 0.15) is 10.4 Å². The van der Waals surface area contributed by atoms with Crippen molar-refractivity contribution in [3.8, 4) is 0 Å². The fraction of sp³-hybridized carbons (Fsp3) is 0.143. The van der Waals surface area contributed by atoms with E-state index in [4.69, 9.17) is 17.3 Å². The summed E-state index contributed by atoms with van der Waals surface area (Å²) in [5.74, 6) is -0.484. The van der Waals surface area contributed by atoms with Crippen LogP contribution in [0.15, 0.2) is 10.5 Å². The van der Waals surface area contributed by atoms with E-state index in [0.717, 1.165) is 0 Å². The lowest BCUT2D eigenvalue weighted by molar-refractivity contribution is 0.0601. The van der Waals surface area contributed by atoms with Crippen molar-refractivity contribution in [2.24, 2.45) is 0 Å². The molecule has 13 heavy (non-hydrogen) atoms. The van der Waals surface area contributed by atoms with Crippen LogP contribution >= 0.6 is 27.5 Å². The second-order valence-corrected chi connectivity index (χ2v) is 3.40. The van der Waals surface area contributed by atoms with Crippen LogP contribution in [0.2, 0.25) is 5.15 Å². The number of aromatic nitrogens is 1. The topological polar surface area (TPSA) is 65.2 Å².